The topological polar surface area (TPSA) is 57.8 Å². The number of carbonyl (C=O) groups excluding carboxylic acids is 1. The Bertz CT molecular complexity index is 320. The zero-order chi connectivity index (χ0) is 11.5. The molecule has 2 N–H and O–H groups in total. The van der Waals surface area contributed by atoms with Crippen LogP contribution in [0.15, 0.2) is 12.4 Å². The molecule has 1 heterocycles. The van der Waals surface area contributed by atoms with Crippen LogP contribution in [0.3, 0.4) is 0 Å². The van der Waals surface area contributed by atoms with Crippen LogP contribution < -0.4 is 5.32 Å². The zero-order valence-electron chi connectivity index (χ0n) is 7.93. The fraction of sp³-hybridized carbons (Fsp3) is 0.500. The molecule has 0 fully saturated rings. The first kappa shape index (κ1) is 11.5. The standard InChI is InChI=1S/C8H10F3N3O/c1-5(7-12-2-3-13-7)14-6(15)4-8(9,10)11/h2-3,5H,4H2,1H3,(H,12,13)(H,14,15). The number of hydrogen-bond donors (Lipinski definition) is 2. The maximum absolute atomic E-state index is 11.8. The smallest absolute Gasteiger partial charge is 0.347 e. The predicted octanol–water partition coefficient (Wildman–Crippen LogP) is 1.54. The molecule has 0 aliphatic carbocycles. The second-order valence-electron chi connectivity index (χ2n) is 3.06. The lowest BCUT2D eigenvalue weighted by atomic mass is 10.3. The van der Waals surface area contributed by atoms with E-state index in [4.69, 9.17) is 0 Å². The van der Waals surface area contributed by atoms with E-state index in [0.717, 1.165) is 0 Å². The van der Waals surface area contributed by atoms with E-state index in [2.05, 4.69) is 15.3 Å². The van der Waals surface area contributed by atoms with Gasteiger partial charge in [0, 0.05) is 12.4 Å². The van der Waals surface area contributed by atoms with Crippen molar-refractivity contribution in [3.8, 4) is 0 Å². The predicted molar refractivity (Wildman–Crippen MR) is 45.8 cm³/mol. The molecule has 15 heavy (non-hydrogen) atoms. The van der Waals surface area contributed by atoms with Crippen LogP contribution in [0.5, 0.6) is 0 Å². The highest BCUT2D eigenvalue weighted by atomic mass is 19.4. The highest BCUT2D eigenvalue weighted by Gasteiger charge is 2.31. The molecule has 0 spiro atoms. The molecular formula is C8H10F3N3O. The highest BCUT2D eigenvalue weighted by Crippen LogP contribution is 2.19. The molecule has 0 saturated carbocycles. The Labute approximate surface area is 83.9 Å². The van der Waals surface area contributed by atoms with Crippen molar-refractivity contribution >= 4 is 5.91 Å². The fourth-order valence-corrected chi connectivity index (χ4v) is 1.06. The maximum atomic E-state index is 11.8. The minimum atomic E-state index is -4.48. The Balaban J connectivity index is 2.45. The number of alkyl halides is 3. The lowest BCUT2D eigenvalue weighted by Crippen LogP contribution is -2.31. The summed E-state index contributed by atoms with van der Waals surface area (Å²) in [5.41, 5.74) is 0. The average Bonchev–Trinajstić information content (AvgIpc) is 2.50. The first-order valence-electron chi connectivity index (χ1n) is 4.24. The quantitative estimate of drug-likeness (QED) is 0.813. The molecule has 84 valence electrons. The van der Waals surface area contributed by atoms with Gasteiger partial charge in [0.25, 0.3) is 0 Å². The van der Waals surface area contributed by atoms with Crippen LogP contribution in [0.4, 0.5) is 13.2 Å². The van der Waals surface area contributed by atoms with Crippen molar-refractivity contribution in [1.29, 1.82) is 0 Å². The van der Waals surface area contributed by atoms with Gasteiger partial charge in [-0.05, 0) is 6.92 Å². The molecule has 0 saturated heterocycles. The van der Waals surface area contributed by atoms with Gasteiger partial charge in [0.05, 0.1) is 6.04 Å². The van der Waals surface area contributed by atoms with Gasteiger partial charge in [-0.1, -0.05) is 0 Å². The van der Waals surface area contributed by atoms with Crippen LogP contribution in [0.2, 0.25) is 0 Å². The van der Waals surface area contributed by atoms with E-state index in [1.54, 1.807) is 6.92 Å². The van der Waals surface area contributed by atoms with E-state index in [1.807, 2.05) is 0 Å². The van der Waals surface area contributed by atoms with Crippen LogP contribution in [0, 0.1) is 0 Å². The number of hydrogen-bond acceptors (Lipinski definition) is 2. The second kappa shape index (κ2) is 4.33. The number of rotatable bonds is 3. The zero-order valence-corrected chi connectivity index (χ0v) is 7.93. The summed E-state index contributed by atoms with van der Waals surface area (Å²) < 4.78 is 35.4. The molecule has 1 amide bonds. The van der Waals surface area contributed by atoms with Crippen LogP contribution in [-0.2, 0) is 4.79 Å². The first-order chi connectivity index (χ1) is 6.88. The fourth-order valence-electron chi connectivity index (χ4n) is 1.06. The van der Waals surface area contributed by atoms with Crippen LogP contribution in [-0.4, -0.2) is 22.1 Å². The Morgan fingerprint density at radius 1 is 1.67 bits per heavy atom. The number of amides is 1. The molecule has 7 heteroatoms. The monoisotopic (exact) mass is 221 g/mol. The molecule has 0 radical (unpaired) electrons. The molecule has 1 aromatic rings. The van der Waals surface area contributed by atoms with E-state index in [1.165, 1.54) is 12.4 Å². The van der Waals surface area contributed by atoms with Gasteiger partial charge in [0.2, 0.25) is 5.91 Å². The summed E-state index contributed by atoms with van der Waals surface area (Å²) in [5, 5.41) is 2.19. The van der Waals surface area contributed by atoms with Gasteiger partial charge in [0.1, 0.15) is 12.2 Å². The summed E-state index contributed by atoms with van der Waals surface area (Å²) >= 11 is 0. The number of halogens is 3. The van der Waals surface area contributed by atoms with Gasteiger partial charge in [-0.2, -0.15) is 13.2 Å². The number of imidazole rings is 1. The summed E-state index contributed by atoms with van der Waals surface area (Å²) in [4.78, 5) is 17.4. The summed E-state index contributed by atoms with van der Waals surface area (Å²) in [7, 11) is 0. The third-order valence-electron chi connectivity index (χ3n) is 1.67. The van der Waals surface area contributed by atoms with E-state index in [0.29, 0.717) is 5.82 Å². The maximum Gasteiger partial charge on any atom is 0.397 e. The second-order valence-corrected chi connectivity index (χ2v) is 3.06. The Morgan fingerprint density at radius 3 is 2.80 bits per heavy atom. The number of aromatic amines is 1. The lowest BCUT2D eigenvalue weighted by Gasteiger charge is -2.12. The molecule has 1 unspecified atom stereocenters. The van der Waals surface area contributed by atoms with E-state index >= 15 is 0 Å². The number of aromatic nitrogens is 2. The van der Waals surface area contributed by atoms with Crippen molar-refractivity contribution in [1.82, 2.24) is 15.3 Å². The molecule has 1 aromatic heterocycles. The summed E-state index contributed by atoms with van der Waals surface area (Å²) in [6, 6.07) is -0.560. The van der Waals surface area contributed by atoms with Crippen molar-refractivity contribution in [3.63, 3.8) is 0 Å². The van der Waals surface area contributed by atoms with Crippen LogP contribution >= 0.6 is 0 Å². The SMILES string of the molecule is CC(NC(=O)CC(F)(F)F)c1ncc[nH]1. The first-order valence-corrected chi connectivity index (χ1v) is 4.24. The molecule has 0 aliphatic rings. The number of carbonyl (C=O) groups is 1. The minimum Gasteiger partial charge on any atom is -0.347 e. The molecule has 4 nitrogen and oxygen atoms in total. The van der Waals surface area contributed by atoms with Gasteiger partial charge >= 0.3 is 6.18 Å². The highest BCUT2D eigenvalue weighted by molar-refractivity contribution is 5.76. The van der Waals surface area contributed by atoms with Crippen molar-refractivity contribution in [2.45, 2.75) is 25.6 Å². The van der Waals surface area contributed by atoms with Crippen LogP contribution in [0.1, 0.15) is 25.2 Å². The number of nitrogens with one attached hydrogen (secondary N) is 2. The third kappa shape index (κ3) is 4.01. The van der Waals surface area contributed by atoms with Gasteiger partial charge < -0.3 is 10.3 Å². The van der Waals surface area contributed by atoms with Crippen molar-refractivity contribution in [2.24, 2.45) is 0 Å². The normalized spacial score (nSPS) is 13.6. The molecule has 1 rings (SSSR count). The minimum absolute atomic E-state index is 0.422. The van der Waals surface area contributed by atoms with Crippen molar-refractivity contribution in [2.75, 3.05) is 0 Å². The Kier molecular flexibility index (Phi) is 3.33. The van der Waals surface area contributed by atoms with Crippen molar-refractivity contribution < 1.29 is 18.0 Å². The van der Waals surface area contributed by atoms with Gasteiger partial charge in [0.15, 0.2) is 0 Å². The summed E-state index contributed by atoms with van der Waals surface area (Å²) in [6.45, 7) is 1.55. The summed E-state index contributed by atoms with van der Waals surface area (Å²) in [6.07, 6.45) is -2.96. The Morgan fingerprint density at radius 2 is 2.33 bits per heavy atom. The third-order valence-corrected chi connectivity index (χ3v) is 1.67. The molecule has 0 aromatic carbocycles. The van der Waals surface area contributed by atoms with E-state index in [9.17, 15) is 18.0 Å². The van der Waals surface area contributed by atoms with E-state index < -0.39 is 24.5 Å². The molecule has 1 atom stereocenters. The largest absolute Gasteiger partial charge is 0.397 e. The number of nitrogens with zero attached hydrogens (tertiary/aromatic N) is 1. The molecular weight excluding hydrogens is 211 g/mol. The van der Waals surface area contributed by atoms with Crippen molar-refractivity contribution in [3.05, 3.63) is 18.2 Å². The summed E-state index contributed by atoms with van der Waals surface area (Å²) in [5.74, 6) is -0.642. The molecule has 0 aliphatic heterocycles. The van der Waals surface area contributed by atoms with Gasteiger partial charge in [-0.3, -0.25) is 4.79 Å². The average molecular weight is 221 g/mol. The van der Waals surface area contributed by atoms with Gasteiger partial charge in [-0.25, -0.2) is 4.98 Å². The Hall–Kier alpha value is -1.53. The lowest BCUT2D eigenvalue weighted by molar-refractivity contribution is -0.154. The number of H-pyrrole nitrogens is 1. The molecule has 0 bridgehead atoms. The van der Waals surface area contributed by atoms with Crippen LogP contribution in [0.25, 0.3) is 0 Å². The van der Waals surface area contributed by atoms with Gasteiger partial charge in [-0.15, -0.1) is 0 Å². The van der Waals surface area contributed by atoms with E-state index in [-0.39, 0.29) is 0 Å².